The van der Waals surface area contributed by atoms with E-state index in [1.165, 1.54) is 16.4 Å². The molecule has 1 N–H and O–H groups in total. The Morgan fingerprint density at radius 2 is 1.76 bits per heavy atom. The molecular weight excluding hydrogens is 456 g/mol. The van der Waals surface area contributed by atoms with Crippen molar-refractivity contribution < 1.29 is 22.7 Å². The van der Waals surface area contributed by atoms with Gasteiger partial charge in [-0.25, -0.2) is 13.4 Å². The smallest absolute Gasteiger partial charge is 0.255 e. The quantitative estimate of drug-likeness (QED) is 0.444. The highest BCUT2D eigenvalue weighted by Gasteiger charge is 2.23. The number of hydrogen-bond donors (Lipinski definition) is 1. The Bertz CT molecular complexity index is 1220. The molecule has 0 radical (unpaired) electrons. The Kier molecular flexibility index (Phi) is 8.30. The average molecular weight is 487 g/mol. The fraction of sp³-hybridized carbons (Fsp3) is 0.333. The Morgan fingerprint density at radius 1 is 1.06 bits per heavy atom. The SMILES string of the molecule is CCOc1ccc(S(=O)(=O)N(CC)CC)cc1NC(=O)c1ccc(OCc2nccn2C)cc1. The van der Waals surface area contributed by atoms with Crippen LogP contribution in [0.4, 0.5) is 5.69 Å². The van der Waals surface area contributed by atoms with Crippen molar-refractivity contribution in [3.05, 3.63) is 66.2 Å². The maximum absolute atomic E-state index is 12.9. The number of rotatable bonds is 11. The van der Waals surface area contributed by atoms with E-state index in [0.29, 0.717) is 43.4 Å². The van der Waals surface area contributed by atoms with Gasteiger partial charge in [0.05, 0.1) is 17.2 Å². The molecule has 0 aliphatic carbocycles. The molecule has 1 aromatic heterocycles. The van der Waals surface area contributed by atoms with Crippen molar-refractivity contribution in [2.75, 3.05) is 25.0 Å². The topological polar surface area (TPSA) is 103 Å². The molecule has 3 rings (SSSR count). The summed E-state index contributed by atoms with van der Waals surface area (Å²) in [5, 5.41) is 2.78. The first-order valence-electron chi connectivity index (χ1n) is 11.1. The molecule has 10 heteroatoms. The lowest BCUT2D eigenvalue weighted by molar-refractivity contribution is 0.102. The number of hydrogen-bond acceptors (Lipinski definition) is 6. The van der Waals surface area contributed by atoms with Crippen LogP contribution in [0.1, 0.15) is 37.0 Å². The number of ether oxygens (including phenoxy) is 2. The number of benzene rings is 2. The van der Waals surface area contributed by atoms with Crippen molar-refractivity contribution in [1.29, 1.82) is 0 Å². The van der Waals surface area contributed by atoms with E-state index >= 15 is 0 Å². The van der Waals surface area contributed by atoms with Crippen LogP contribution in [0.5, 0.6) is 11.5 Å². The number of aryl methyl sites for hydroxylation is 1. The van der Waals surface area contributed by atoms with Crippen molar-refractivity contribution in [1.82, 2.24) is 13.9 Å². The molecule has 1 amide bonds. The van der Waals surface area contributed by atoms with Gasteiger partial charge in [0.1, 0.15) is 23.9 Å². The van der Waals surface area contributed by atoms with E-state index in [2.05, 4.69) is 10.3 Å². The van der Waals surface area contributed by atoms with Gasteiger partial charge in [-0.1, -0.05) is 13.8 Å². The van der Waals surface area contributed by atoms with Crippen molar-refractivity contribution in [2.45, 2.75) is 32.3 Å². The van der Waals surface area contributed by atoms with E-state index in [9.17, 15) is 13.2 Å². The van der Waals surface area contributed by atoms with Gasteiger partial charge in [0.25, 0.3) is 5.91 Å². The van der Waals surface area contributed by atoms with Gasteiger partial charge in [-0.15, -0.1) is 0 Å². The van der Waals surface area contributed by atoms with Crippen LogP contribution in [-0.4, -0.2) is 47.9 Å². The molecular formula is C24H30N4O5S. The molecule has 0 fully saturated rings. The molecule has 0 spiro atoms. The van der Waals surface area contributed by atoms with Crippen LogP contribution in [0.15, 0.2) is 59.8 Å². The van der Waals surface area contributed by atoms with Crippen molar-refractivity contribution in [3.8, 4) is 11.5 Å². The summed E-state index contributed by atoms with van der Waals surface area (Å²) in [5.74, 6) is 1.38. The minimum atomic E-state index is -3.69. The second-order valence-corrected chi connectivity index (χ2v) is 9.34. The third kappa shape index (κ3) is 5.75. The number of anilines is 1. The number of carbonyl (C=O) groups excluding carboxylic acids is 1. The van der Waals surface area contributed by atoms with Crippen LogP contribution in [0.25, 0.3) is 0 Å². The third-order valence-electron chi connectivity index (χ3n) is 5.25. The van der Waals surface area contributed by atoms with Gasteiger partial charge < -0.3 is 19.4 Å². The molecule has 3 aromatic rings. The summed E-state index contributed by atoms with van der Waals surface area (Å²) in [6.45, 7) is 6.75. The molecule has 0 saturated heterocycles. The standard InChI is InChI=1S/C24H30N4O5S/c1-5-28(6-2)34(30,31)20-12-13-22(32-7-3)21(16-20)26-24(29)18-8-10-19(11-9-18)33-17-23-25-14-15-27(23)4/h8-16H,5-7,17H2,1-4H3,(H,26,29). The summed E-state index contributed by atoms with van der Waals surface area (Å²) in [6, 6.07) is 11.2. The molecule has 9 nitrogen and oxygen atoms in total. The maximum atomic E-state index is 12.9. The molecule has 2 aromatic carbocycles. The first-order chi connectivity index (χ1) is 16.3. The van der Waals surface area contributed by atoms with E-state index in [4.69, 9.17) is 9.47 Å². The third-order valence-corrected chi connectivity index (χ3v) is 7.29. The molecule has 0 unspecified atom stereocenters. The lowest BCUT2D eigenvalue weighted by atomic mass is 10.2. The van der Waals surface area contributed by atoms with Crippen LogP contribution in [0, 0.1) is 0 Å². The van der Waals surface area contributed by atoms with Crippen LogP contribution < -0.4 is 14.8 Å². The number of sulfonamides is 1. The monoisotopic (exact) mass is 486 g/mol. The highest BCUT2D eigenvalue weighted by Crippen LogP contribution is 2.30. The van der Waals surface area contributed by atoms with E-state index in [0.717, 1.165) is 5.82 Å². The molecule has 182 valence electrons. The van der Waals surface area contributed by atoms with Crippen LogP contribution >= 0.6 is 0 Å². The average Bonchev–Trinajstić information content (AvgIpc) is 3.24. The molecule has 1 heterocycles. The van der Waals surface area contributed by atoms with Gasteiger partial charge in [-0.2, -0.15) is 4.31 Å². The molecule has 0 aliphatic rings. The Hall–Kier alpha value is -3.37. The Labute approximate surface area is 200 Å². The fourth-order valence-electron chi connectivity index (χ4n) is 3.34. The number of aromatic nitrogens is 2. The summed E-state index contributed by atoms with van der Waals surface area (Å²) in [7, 11) is -1.80. The summed E-state index contributed by atoms with van der Waals surface area (Å²) in [4.78, 5) is 17.2. The highest BCUT2D eigenvalue weighted by molar-refractivity contribution is 7.89. The minimum Gasteiger partial charge on any atom is -0.492 e. The zero-order valence-electron chi connectivity index (χ0n) is 19.8. The summed E-state index contributed by atoms with van der Waals surface area (Å²) < 4.78 is 40.4. The maximum Gasteiger partial charge on any atom is 0.255 e. The van der Waals surface area contributed by atoms with Gasteiger partial charge in [-0.05, 0) is 49.4 Å². The lowest BCUT2D eigenvalue weighted by Gasteiger charge is -2.20. The normalized spacial score (nSPS) is 11.4. The van der Waals surface area contributed by atoms with Crippen LogP contribution in [-0.2, 0) is 23.7 Å². The zero-order valence-corrected chi connectivity index (χ0v) is 20.6. The molecule has 0 saturated carbocycles. The molecule has 0 aliphatic heterocycles. The molecule has 34 heavy (non-hydrogen) atoms. The van der Waals surface area contributed by atoms with Gasteiger partial charge in [0.15, 0.2) is 0 Å². The summed E-state index contributed by atoms with van der Waals surface area (Å²) in [6.07, 6.45) is 3.54. The van der Waals surface area contributed by atoms with Gasteiger partial charge >= 0.3 is 0 Å². The number of amides is 1. The number of nitrogens with one attached hydrogen (secondary N) is 1. The summed E-state index contributed by atoms with van der Waals surface area (Å²) in [5.41, 5.74) is 0.680. The number of nitrogens with zero attached hydrogens (tertiary/aromatic N) is 3. The summed E-state index contributed by atoms with van der Waals surface area (Å²) >= 11 is 0. The van der Waals surface area contributed by atoms with E-state index in [-0.39, 0.29) is 10.6 Å². The van der Waals surface area contributed by atoms with Crippen molar-refractivity contribution in [2.24, 2.45) is 7.05 Å². The first-order valence-corrected chi connectivity index (χ1v) is 12.5. The Morgan fingerprint density at radius 3 is 2.35 bits per heavy atom. The largest absolute Gasteiger partial charge is 0.492 e. The second kappa shape index (κ2) is 11.2. The van der Waals surface area contributed by atoms with Gasteiger partial charge in [-0.3, -0.25) is 4.79 Å². The van der Waals surface area contributed by atoms with Crippen molar-refractivity contribution >= 4 is 21.6 Å². The molecule has 0 atom stereocenters. The van der Waals surface area contributed by atoms with Gasteiger partial charge in [0.2, 0.25) is 10.0 Å². The van der Waals surface area contributed by atoms with Gasteiger partial charge in [0, 0.05) is 38.1 Å². The Balaban J connectivity index is 1.78. The molecule has 0 bridgehead atoms. The van der Waals surface area contributed by atoms with Crippen LogP contribution in [0.3, 0.4) is 0 Å². The first kappa shape index (κ1) is 25.3. The fourth-order valence-corrected chi connectivity index (χ4v) is 4.83. The number of imidazole rings is 1. The predicted molar refractivity (Wildman–Crippen MR) is 130 cm³/mol. The highest BCUT2D eigenvalue weighted by atomic mass is 32.2. The minimum absolute atomic E-state index is 0.0907. The zero-order chi connectivity index (χ0) is 24.7. The van der Waals surface area contributed by atoms with E-state index in [1.807, 2.05) is 24.7 Å². The van der Waals surface area contributed by atoms with E-state index in [1.54, 1.807) is 50.4 Å². The van der Waals surface area contributed by atoms with Crippen molar-refractivity contribution in [3.63, 3.8) is 0 Å². The van der Waals surface area contributed by atoms with Crippen LogP contribution in [0.2, 0.25) is 0 Å². The van der Waals surface area contributed by atoms with E-state index < -0.39 is 15.9 Å². The second-order valence-electron chi connectivity index (χ2n) is 7.40. The lowest BCUT2D eigenvalue weighted by Crippen LogP contribution is -2.30. The predicted octanol–water partition coefficient (Wildman–Crippen LogP) is 3.68. The number of carbonyl (C=O) groups is 1.